The highest BCUT2D eigenvalue weighted by atomic mass is 16.5. The molecule has 0 spiro atoms. The Morgan fingerprint density at radius 3 is 1.38 bits per heavy atom. The number of rotatable bonds is 20. The predicted octanol–water partition coefficient (Wildman–Crippen LogP) is 3.13. The van der Waals surface area contributed by atoms with Crippen molar-refractivity contribution in [1.29, 1.82) is 0 Å². The van der Waals surface area contributed by atoms with Crippen LogP contribution < -0.4 is 10.2 Å². The number of carbonyl (C=O) groups is 2. The number of aliphatic carboxylic acids is 2. The minimum atomic E-state index is -1.03. The molecule has 5 nitrogen and oxygen atoms in total. The fourth-order valence-electron chi connectivity index (χ4n) is 3.25. The van der Waals surface area contributed by atoms with Crippen LogP contribution in [0.5, 0.6) is 0 Å². The number of hydrogen-bond acceptors (Lipinski definition) is 5. The molecule has 0 bridgehead atoms. The molecule has 0 aromatic carbocycles. The summed E-state index contributed by atoms with van der Waals surface area (Å²) in [6.45, 7) is 0. The summed E-state index contributed by atoms with van der Waals surface area (Å²) >= 11 is 0. The largest absolute Gasteiger partial charge is 0.550 e. The van der Waals surface area contributed by atoms with Gasteiger partial charge < -0.3 is 24.5 Å². The number of carbonyl (C=O) groups excluding carboxylic acids is 2. The Morgan fingerprint density at radius 2 is 1.04 bits per heavy atom. The lowest BCUT2D eigenvalue weighted by molar-refractivity contribution is -0.308. The lowest BCUT2D eigenvalue weighted by atomic mass is 10.0. The van der Waals surface area contributed by atoms with Gasteiger partial charge in [0.15, 0.2) is 0 Å². The van der Waals surface area contributed by atoms with Crippen molar-refractivity contribution in [2.75, 3.05) is 7.11 Å². The van der Waals surface area contributed by atoms with E-state index < -0.39 is 11.9 Å². The van der Waals surface area contributed by atoms with Crippen LogP contribution in [0, 0.1) is 0 Å². The first-order valence-electron chi connectivity index (χ1n) is 10.5. The highest BCUT2D eigenvalue weighted by Crippen LogP contribution is 2.15. The fourth-order valence-corrected chi connectivity index (χ4v) is 3.25. The summed E-state index contributed by atoms with van der Waals surface area (Å²) in [6, 6.07) is 0. The van der Waals surface area contributed by atoms with E-state index in [1.165, 1.54) is 57.8 Å². The van der Waals surface area contributed by atoms with Gasteiger partial charge in [-0.15, -0.1) is 0 Å². The molecule has 0 rings (SSSR count). The van der Waals surface area contributed by atoms with Crippen molar-refractivity contribution in [3.8, 4) is 0 Å². The topological polar surface area (TPSA) is 89.5 Å². The van der Waals surface area contributed by atoms with E-state index in [4.69, 9.17) is 4.74 Å². The molecule has 0 radical (unpaired) electrons. The molecule has 0 aliphatic heterocycles. The molecule has 1 unspecified atom stereocenters. The van der Waals surface area contributed by atoms with Crippen LogP contribution in [0.4, 0.5) is 0 Å². The van der Waals surface area contributed by atoms with Crippen LogP contribution in [0.15, 0.2) is 0 Å². The van der Waals surface area contributed by atoms with Crippen molar-refractivity contribution in [2.24, 2.45) is 0 Å². The van der Waals surface area contributed by atoms with Gasteiger partial charge in [-0.2, -0.15) is 0 Å². The van der Waals surface area contributed by atoms with Crippen LogP contribution in [0.25, 0.3) is 0 Å². The summed E-state index contributed by atoms with van der Waals surface area (Å²) in [7, 11) is 1.56. The first kappa shape index (κ1) is 24.9. The highest BCUT2D eigenvalue weighted by Gasteiger charge is 2.06. The second-order valence-electron chi connectivity index (χ2n) is 7.29. The van der Waals surface area contributed by atoms with Crippen molar-refractivity contribution in [3.63, 3.8) is 0 Å². The molecule has 26 heavy (non-hydrogen) atoms. The van der Waals surface area contributed by atoms with Crippen molar-refractivity contribution < 1.29 is 24.5 Å². The number of carboxylic acid groups (broad SMARTS) is 2. The molecule has 0 aromatic rings. The van der Waals surface area contributed by atoms with Gasteiger partial charge in [0, 0.05) is 25.5 Å². The molecule has 0 aromatic heterocycles. The molecule has 0 N–H and O–H groups in total. The van der Waals surface area contributed by atoms with Gasteiger partial charge in [0.2, 0.25) is 0 Å². The van der Waals surface area contributed by atoms with Gasteiger partial charge >= 0.3 is 0 Å². The zero-order valence-electron chi connectivity index (χ0n) is 16.6. The Balaban J connectivity index is 3.17. The van der Waals surface area contributed by atoms with Gasteiger partial charge in [0.25, 0.3) is 0 Å². The van der Waals surface area contributed by atoms with E-state index in [9.17, 15) is 19.8 Å². The molecule has 0 saturated carbocycles. The van der Waals surface area contributed by atoms with Crippen molar-refractivity contribution >= 4 is 11.9 Å². The second-order valence-corrected chi connectivity index (χ2v) is 7.29. The van der Waals surface area contributed by atoms with E-state index in [-0.39, 0.29) is 18.9 Å². The smallest absolute Gasteiger partial charge is 0.0623 e. The van der Waals surface area contributed by atoms with Crippen molar-refractivity contribution in [2.45, 2.75) is 115 Å². The molecular weight excluding hydrogens is 332 g/mol. The zero-order chi connectivity index (χ0) is 19.5. The van der Waals surface area contributed by atoms with Crippen LogP contribution in [-0.2, 0) is 14.3 Å². The number of unbranched alkanes of at least 4 members (excludes halogenated alkanes) is 13. The number of hydrogen-bond donors (Lipinski definition) is 0. The number of methoxy groups -OCH3 is 1. The maximum absolute atomic E-state index is 10.5. The van der Waals surface area contributed by atoms with E-state index in [0.29, 0.717) is 0 Å². The van der Waals surface area contributed by atoms with Gasteiger partial charge in [-0.3, -0.25) is 0 Å². The molecule has 0 fully saturated rings. The maximum Gasteiger partial charge on any atom is 0.0623 e. The molecule has 0 amide bonds. The summed E-state index contributed by atoms with van der Waals surface area (Å²) in [5.74, 6) is -1.97. The van der Waals surface area contributed by atoms with Gasteiger partial charge in [0.1, 0.15) is 0 Å². The molecular formula is C21H38O5-2. The third-order valence-electron chi connectivity index (χ3n) is 4.88. The van der Waals surface area contributed by atoms with E-state index >= 15 is 0 Å². The van der Waals surface area contributed by atoms with Crippen molar-refractivity contribution in [3.05, 3.63) is 0 Å². The van der Waals surface area contributed by atoms with E-state index in [1.807, 2.05) is 0 Å². The highest BCUT2D eigenvalue weighted by molar-refractivity contribution is 5.64. The number of carboxylic acids is 2. The number of ether oxygens (including phenoxy) is 1. The minimum absolute atomic E-state index is 0.00366. The lowest BCUT2D eigenvalue weighted by Gasteiger charge is -2.15. The Kier molecular flexibility index (Phi) is 17.9. The summed E-state index contributed by atoms with van der Waals surface area (Å²) in [6.07, 6.45) is 17.3. The molecule has 0 heterocycles. The van der Waals surface area contributed by atoms with Crippen LogP contribution in [-0.4, -0.2) is 25.2 Å². The van der Waals surface area contributed by atoms with Gasteiger partial charge in [0.05, 0.1) is 6.10 Å². The predicted molar refractivity (Wildman–Crippen MR) is 99.3 cm³/mol. The van der Waals surface area contributed by atoms with E-state index in [1.54, 1.807) is 7.11 Å². The van der Waals surface area contributed by atoms with Crippen molar-refractivity contribution in [1.82, 2.24) is 0 Å². The fraction of sp³-hybridized carbons (Fsp3) is 0.905. The quantitative estimate of drug-likeness (QED) is 0.307. The monoisotopic (exact) mass is 370 g/mol. The summed E-state index contributed by atoms with van der Waals surface area (Å²) in [5, 5.41) is 20.8. The standard InChI is InChI=1S/C21H40O5/c1-26-19(18-21(24)25)16-14-12-10-8-6-4-2-3-5-7-9-11-13-15-17-20(22)23/h19H,2-18H2,1H3,(H,22,23)(H,24,25)/p-2. The minimum Gasteiger partial charge on any atom is -0.550 e. The molecule has 0 aliphatic carbocycles. The summed E-state index contributed by atoms with van der Waals surface area (Å²) in [4.78, 5) is 20.8. The first-order valence-corrected chi connectivity index (χ1v) is 10.5. The van der Waals surface area contributed by atoms with Crippen LogP contribution in [0.1, 0.15) is 109 Å². The Labute approximate surface area is 159 Å². The van der Waals surface area contributed by atoms with E-state index in [2.05, 4.69) is 0 Å². The average molecular weight is 371 g/mol. The average Bonchev–Trinajstić information content (AvgIpc) is 2.59. The molecule has 154 valence electrons. The molecule has 0 aliphatic rings. The summed E-state index contributed by atoms with van der Waals surface area (Å²) in [5.41, 5.74) is 0. The Morgan fingerprint density at radius 1 is 0.654 bits per heavy atom. The van der Waals surface area contributed by atoms with Gasteiger partial charge in [-0.25, -0.2) is 0 Å². The van der Waals surface area contributed by atoms with Gasteiger partial charge in [-0.1, -0.05) is 83.5 Å². The molecule has 0 saturated heterocycles. The summed E-state index contributed by atoms with van der Waals surface area (Å²) < 4.78 is 5.14. The third kappa shape index (κ3) is 19.2. The van der Waals surface area contributed by atoms with E-state index in [0.717, 1.165) is 38.5 Å². The third-order valence-corrected chi connectivity index (χ3v) is 4.88. The first-order chi connectivity index (χ1) is 12.6. The SMILES string of the molecule is COC(CCCCCCCCCCCCCCCCC(=O)[O-])CC(=O)[O-]. The van der Waals surface area contributed by atoms with Crippen LogP contribution in [0.3, 0.4) is 0 Å². The van der Waals surface area contributed by atoms with Crippen LogP contribution in [0.2, 0.25) is 0 Å². The van der Waals surface area contributed by atoms with Gasteiger partial charge in [-0.05, 0) is 19.3 Å². The Hall–Kier alpha value is -1.10. The Bertz CT molecular complexity index is 343. The maximum atomic E-state index is 10.5. The molecule has 1 atom stereocenters. The lowest BCUT2D eigenvalue weighted by Crippen LogP contribution is -2.28. The van der Waals surface area contributed by atoms with Crippen LogP contribution >= 0.6 is 0 Å². The second kappa shape index (κ2) is 18.7. The molecule has 5 heteroatoms. The zero-order valence-corrected chi connectivity index (χ0v) is 16.6. The normalized spacial score (nSPS) is 12.2.